The number of hydrogen-bond donors (Lipinski definition) is 0. The minimum Gasteiger partial charge on any atom is -0.256 e. The third-order valence-electron chi connectivity index (χ3n) is 1.08. The van der Waals surface area contributed by atoms with E-state index in [1.165, 1.54) is 5.57 Å². The predicted molar refractivity (Wildman–Crippen MR) is 54.6 cm³/mol. The molecule has 0 fully saturated rings. The lowest BCUT2D eigenvalue weighted by Crippen LogP contribution is -2.01. The van der Waals surface area contributed by atoms with E-state index in [2.05, 4.69) is 17.5 Å². The highest BCUT2D eigenvalue weighted by atomic mass is 32.2. The molecule has 0 aliphatic heterocycles. The molecule has 11 heavy (non-hydrogen) atoms. The Morgan fingerprint density at radius 3 is 2.45 bits per heavy atom. The summed E-state index contributed by atoms with van der Waals surface area (Å²) in [6, 6.07) is 0. The van der Waals surface area contributed by atoms with Crippen molar-refractivity contribution in [3.63, 3.8) is 0 Å². The van der Waals surface area contributed by atoms with Crippen LogP contribution >= 0.6 is 11.9 Å². The first kappa shape index (κ1) is 10.5. The van der Waals surface area contributed by atoms with Crippen LogP contribution in [0, 0.1) is 0 Å². The second kappa shape index (κ2) is 6.25. The molecule has 0 N–H and O–H groups in total. The summed E-state index contributed by atoms with van der Waals surface area (Å²) in [7, 11) is 4.05. The summed E-state index contributed by atoms with van der Waals surface area (Å²) in [5.41, 5.74) is 1.21. The Hall–Kier alpha value is -0.470. The van der Waals surface area contributed by atoms with Gasteiger partial charge in [0, 0.05) is 5.75 Å². The van der Waals surface area contributed by atoms with Crippen LogP contribution in [-0.4, -0.2) is 24.2 Å². The van der Waals surface area contributed by atoms with Gasteiger partial charge in [0.15, 0.2) is 0 Å². The van der Waals surface area contributed by atoms with Gasteiger partial charge in [0.1, 0.15) is 0 Å². The molecule has 0 aromatic heterocycles. The number of nitrogens with zero attached hydrogens (tertiary/aromatic N) is 1. The van der Waals surface area contributed by atoms with Gasteiger partial charge >= 0.3 is 0 Å². The fourth-order valence-corrected chi connectivity index (χ4v) is 1.15. The fourth-order valence-electron chi connectivity index (χ4n) is 0.530. The van der Waals surface area contributed by atoms with Crippen molar-refractivity contribution >= 4 is 11.9 Å². The maximum atomic E-state index is 3.71. The van der Waals surface area contributed by atoms with Crippen molar-refractivity contribution in [3.8, 4) is 0 Å². The van der Waals surface area contributed by atoms with Gasteiger partial charge in [0.2, 0.25) is 0 Å². The summed E-state index contributed by atoms with van der Waals surface area (Å²) in [6.45, 7) is 7.34. The molecule has 0 amide bonds. The third kappa shape index (κ3) is 5.95. The van der Waals surface area contributed by atoms with Gasteiger partial charge in [-0.3, -0.25) is 4.31 Å². The fraction of sp³-hybridized carbons (Fsp3) is 0.333. The first-order chi connectivity index (χ1) is 5.20. The molecule has 0 bridgehead atoms. The zero-order valence-electron chi connectivity index (χ0n) is 7.21. The van der Waals surface area contributed by atoms with Crippen LogP contribution in [0.1, 0.15) is 0 Å². The molecule has 0 radical (unpaired) electrons. The molecule has 62 valence electrons. The monoisotopic (exact) mass is 169 g/mol. The average molecular weight is 169 g/mol. The summed E-state index contributed by atoms with van der Waals surface area (Å²) < 4.78 is 2.07. The van der Waals surface area contributed by atoms with Crippen molar-refractivity contribution in [2.24, 2.45) is 0 Å². The molecule has 0 saturated heterocycles. The molecule has 0 saturated carbocycles. The minimum absolute atomic E-state index is 0.961. The SMILES string of the molecule is C=C/C=C(\C=C)CSN(C)C. The summed E-state index contributed by atoms with van der Waals surface area (Å²) in [6.07, 6.45) is 5.62. The molecule has 0 aromatic rings. The Kier molecular flexibility index (Phi) is 5.99. The van der Waals surface area contributed by atoms with Crippen molar-refractivity contribution in [3.05, 3.63) is 37.0 Å². The van der Waals surface area contributed by atoms with Crippen molar-refractivity contribution in [1.82, 2.24) is 4.31 Å². The maximum Gasteiger partial charge on any atom is 0.0332 e. The molecule has 0 rings (SSSR count). The summed E-state index contributed by atoms with van der Waals surface area (Å²) in [4.78, 5) is 0. The zero-order chi connectivity index (χ0) is 8.69. The second-order valence-corrected chi connectivity index (χ2v) is 3.54. The van der Waals surface area contributed by atoms with Gasteiger partial charge in [-0.05, 0) is 19.7 Å². The van der Waals surface area contributed by atoms with Gasteiger partial charge in [0.25, 0.3) is 0 Å². The number of rotatable bonds is 5. The summed E-state index contributed by atoms with van der Waals surface area (Å²) in [5.74, 6) is 0.961. The van der Waals surface area contributed by atoms with Gasteiger partial charge in [-0.15, -0.1) is 0 Å². The Balaban J connectivity index is 3.79. The van der Waals surface area contributed by atoms with E-state index in [-0.39, 0.29) is 0 Å². The van der Waals surface area contributed by atoms with Crippen molar-refractivity contribution in [1.29, 1.82) is 0 Å². The Morgan fingerprint density at radius 1 is 1.45 bits per heavy atom. The standard InChI is InChI=1S/C9H15NS/c1-5-7-9(6-2)8-11-10(3)4/h5-7H,1-2,8H2,3-4H3/b9-7+. The number of allylic oxidation sites excluding steroid dienone is 3. The average Bonchev–Trinajstić information content (AvgIpc) is 1.97. The Labute approximate surface area is 73.6 Å². The van der Waals surface area contributed by atoms with Crippen LogP contribution in [0.2, 0.25) is 0 Å². The molecule has 0 heterocycles. The van der Waals surface area contributed by atoms with Crippen LogP contribution in [-0.2, 0) is 0 Å². The van der Waals surface area contributed by atoms with Crippen LogP contribution in [0.15, 0.2) is 37.0 Å². The third-order valence-corrected chi connectivity index (χ3v) is 2.06. The van der Waals surface area contributed by atoms with Gasteiger partial charge in [-0.1, -0.05) is 43.3 Å². The maximum absolute atomic E-state index is 3.71. The molecule has 0 atom stereocenters. The van der Waals surface area contributed by atoms with E-state index in [0.717, 1.165) is 5.75 Å². The summed E-state index contributed by atoms with van der Waals surface area (Å²) >= 11 is 1.75. The Bertz CT molecular complexity index is 159. The van der Waals surface area contributed by atoms with Crippen LogP contribution in [0.5, 0.6) is 0 Å². The molecular formula is C9H15NS. The lowest BCUT2D eigenvalue weighted by molar-refractivity contribution is 0.704. The van der Waals surface area contributed by atoms with E-state index in [4.69, 9.17) is 0 Å². The van der Waals surface area contributed by atoms with E-state index in [9.17, 15) is 0 Å². The lowest BCUT2D eigenvalue weighted by Gasteiger charge is -2.07. The normalized spacial score (nSPS) is 11.7. The quantitative estimate of drug-likeness (QED) is 0.459. The topological polar surface area (TPSA) is 3.24 Å². The van der Waals surface area contributed by atoms with Crippen molar-refractivity contribution in [2.45, 2.75) is 0 Å². The lowest BCUT2D eigenvalue weighted by atomic mass is 10.3. The van der Waals surface area contributed by atoms with Gasteiger partial charge in [-0.25, -0.2) is 0 Å². The first-order valence-electron chi connectivity index (χ1n) is 3.45. The van der Waals surface area contributed by atoms with Crippen LogP contribution < -0.4 is 0 Å². The first-order valence-corrected chi connectivity index (χ1v) is 4.39. The van der Waals surface area contributed by atoms with Crippen LogP contribution in [0.25, 0.3) is 0 Å². The summed E-state index contributed by atoms with van der Waals surface area (Å²) in [5, 5.41) is 0. The largest absolute Gasteiger partial charge is 0.256 e. The van der Waals surface area contributed by atoms with E-state index in [1.807, 2.05) is 26.2 Å². The van der Waals surface area contributed by atoms with Gasteiger partial charge < -0.3 is 0 Å². The molecule has 0 spiro atoms. The van der Waals surface area contributed by atoms with E-state index in [1.54, 1.807) is 18.0 Å². The predicted octanol–water partition coefficient (Wildman–Crippen LogP) is 2.49. The number of hydrogen-bond acceptors (Lipinski definition) is 2. The van der Waals surface area contributed by atoms with Gasteiger partial charge in [0.05, 0.1) is 0 Å². The molecule has 0 aliphatic carbocycles. The van der Waals surface area contributed by atoms with E-state index < -0.39 is 0 Å². The van der Waals surface area contributed by atoms with E-state index >= 15 is 0 Å². The highest BCUT2D eigenvalue weighted by molar-refractivity contribution is 7.97. The second-order valence-electron chi connectivity index (χ2n) is 2.27. The molecule has 2 heteroatoms. The van der Waals surface area contributed by atoms with Crippen molar-refractivity contribution in [2.75, 3.05) is 19.8 Å². The van der Waals surface area contributed by atoms with Gasteiger partial charge in [-0.2, -0.15) is 0 Å². The van der Waals surface area contributed by atoms with Crippen molar-refractivity contribution < 1.29 is 0 Å². The highest BCUT2D eigenvalue weighted by Crippen LogP contribution is 2.10. The molecule has 0 aliphatic rings. The molecule has 0 unspecified atom stereocenters. The minimum atomic E-state index is 0.961. The van der Waals surface area contributed by atoms with Crippen LogP contribution in [0.4, 0.5) is 0 Å². The van der Waals surface area contributed by atoms with Crippen LogP contribution in [0.3, 0.4) is 0 Å². The zero-order valence-corrected chi connectivity index (χ0v) is 8.03. The molecular weight excluding hydrogens is 154 g/mol. The Morgan fingerprint density at radius 2 is 2.09 bits per heavy atom. The smallest absolute Gasteiger partial charge is 0.0332 e. The molecule has 1 nitrogen and oxygen atoms in total. The highest BCUT2D eigenvalue weighted by Gasteiger charge is 1.92. The molecule has 0 aromatic carbocycles. The van der Waals surface area contributed by atoms with E-state index in [0.29, 0.717) is 0 Å².